The minimum atomic E-state index is -4.12. The monoisotopic (exact) mass is 395 g/mol. The number of anilines is 2. The molecule has 0 radical (unpaired) electrons. The molecule has 0 saturated carbocycles. The highest BCUT2D eigenvalue weighted by Crippen LogP contribution is 2.34. The summed E-state index contributed by atoms with van der Waals surface area (Å²) in [7, 11) is -4.12. The van der Waals surface area contributed by atoms with Crippen molar-refractivity contribution in [2.75, 3.05) is 22.5 Å². The second kappa shape index (κ2) is 7.06. The maximum absolute atomic E-state index is 13.6. The van der Waals surface area contributed by atoms with Gasteiger partial charge in [-0.3, -0.25) is 9.59 Å². The molecule has 2 aromatic rings. The average molecular weight is 395 g/mol. The summed E-state index contributed by atoms with van der Waals surface area (Å²) < 4.78 is 36.3. The molecule has 7 nitrogen and oxygen atoms in total. The first-order valence-electron chi connectivity index (χ1n) is 7.39. The Morgan fingerprint density at radius 2 is 2.00 bits per heavy atom. The summed E-state index contributed by atoms with van der Waals surface area (Å²) in [6.07, 6.45) is 0. The number of carbonyl (C=O) groups excluding carboxylic acids is 2. The van der Waals surface area contributed by atoms with E-state index in [1.165, 1.54) is 16.7 Å². The molecule has 10 heteroatoms. The summed E-state index contributed by atoms with van der Waals surface area (Å²) in [6, 6.07) is 9.95. The van der Waals surface area contributed by atoms with Gasteiger partial charge in [0.05, 0.1) is 16.3 Å². The van der Waals surface area contributed by atoms with E-state index in [1.807, 2.05) is 12.1 Å². The zero-order chi connectivity index (χ0) is 18.9. The number of hydrogen-bond acceptors (Lipinski definition) is 5. The Kier molecular flexibility index (Phi) is 4.99. The fraction of sp³-hybridized carbons (Fsp3) is 0.125. The Morgan fingerprint density at radius 3 is 2.73 bits per heavy atom. The number of fused-ring (bicyclic) bond motifs is 1. The third-order valence-corrected chi connectivity index (χ3v) is 5.53. The van der Waals surface area contributed by atoms with Gasteiger partial charge in [0.2, 0.25) is 21.8 Å². The van der Waals surface area contributed by atoms with Gasteiger partial charge in [0, 0.05) is 10.6 Å². The molecule has 0 fully saturated rings. The topological polar surface area (TPSA) is 110 Å². The number of halogens is 1. The number of nitrogens with two attached hydrogens (primary N) is 1. The molecule has 2 amide bonds. The molecule has 0 aliphatic carbocycles. The lowest BCUT2D eigenvalue weighted by molar-refractivity contribution is -0.120. The normalized spacial score (nSPS) is 14.1. The quantitative estimate of drug-likeness (QED) is 0.816. The van der Waals surface area contributed by atoms with E-state index in [-0.39, 0.29) is 23.9 Å². The SMILES string of the molecule is NS(=O)(=O)c1cc(F)cc(NC(=O)CN2C(=O)CSc3ccccc32)c1. The maximum atomic E-state index is 13.6. The molecule has 136 valence electrons. The second-order valence-electron chi connectivity index (χ2n) is 5.51. The van der Waals surface area contributed by atoms with Crippen molar-refractivity contribution in [3.63, 3.8) is 0 Å². The molecule has 26 heavy (non-hydrogen) atoms. The number of carbonyl (C=O) groups is 2. The highest BCUT2D eigenvalue weighted by Gasteiger charge is 2.26. The van der Waals surface area contributed by atoms with Crippen molar-refractivity contribution in [3.8, 4) is 0 Å². The van der Waals surface area contributed by atoms with Crippen LogP contribution < -0.4 is 15.4 Å². The van der Waals surface area contributed by atoms with E-state index in [0.717, 1.165) is 23.1 Å². The van der Waals surface area contributed by atoms with E-state index in [4.69, 9.17) is 5.14 Å². The van der Waals surface area contributed by atoms with E-state index < -0.39 is 26.6 Å². The van der Waals surface area contributed by atoms with Gasteiger partial charge in [0.1, 0.15) is 12.4 Å². The van der Waals surface area contributed by atoms with Crippen LogP contribution in [0.1, 0.15) is 0 Å². The average Bonchev–Trinajstić information content (AvgIpc) is 2.56. The molecule has 1 aliphatic rings. The van der Waals surface area contributed by atoms with Gasteiger partial charge in [-0.2, -0.15) is 0 Å². The van der Waals surface area contributed by atoms with Crippen molar-refractivity contribution < 1.29 is 22.4 Å². The fourth-order valence-corrected chi connectivity index (χ4v) is 3.97. The van der Waals surface area contributed by atoms with Crippen molar-refractivity contribution in [2.45, 2.75) is 9.79 Å². The van der Waals surface area contributed by atoms with E-state index in [2.05, 4.69) is 5.32 Å². The molecule has 0 aromatic heterocycles. The maximum Gasteiger partial charge on any atom is 0.244 e. The number of para-hydroxylation sites is 1. The summed E-state index contributed by atoms with van der Waals surface area (Å²) in [5, 5.41) is 7.38. The van der Waals surface area contributed by atoms with Crippen LogP contribution in [0.15, 0.2) is 52.3 Å². The van der Waals surface area contributed by atoms with Gasteiger partial charge in [0.15, 0.2) is 0 Å². The predicted octanol–water partition coefficient (Wildman–Crippen LogP) is 1.55. The molecular weight excluding hydrogens is 381 g/mol. The van der Waals surface area contributed by atoms with Crippen LogP contribution in [0, 0.1) is 5.82 Å². The number of nitrogens with one attached hydrogen (secondary N) is 1. The summed E-state index contributed by atoms with van der Waals surface area (Å²) in [5.41, 5.74) is 0.555. The molecule has 3 N–H and O–H groups in total. The number of rotatable bonds is 4. The highest BCUT2D eigenvalue weighted by molar-refractivity contribution is 8.00. The Bertz CT molecular complexity index is 995. The molecule has 1 heterocycles. The first kappa shape index (κ1) is 18.4. The zero-order valence-electron chi connectivity index (χ0n) is 13.3. The van der Waals surface area contributed by atoms with Crippen molar-refractivity contribution in [1.82, 2.24) is 0 Å². The number of primary sulfonamides is 1. The standard InChI is InChI=1S/C16H14FN3O4S2/c17-10-5-11(7-12(6-10)26(18,23)24)19-15(21)8-20-13-3-1-2-4-14(13)25-9-16(20)22/h1-7H,8-9H2,(H,19,21)(H2,18,23,24). The lowest BCUT2D eigenvalue weighted by Gasteiger charge is -2.28. The molecule has 0 saturated heterocycles. The fourth-order valence-electron chi connectivity index (χ4n) is 2.47. The van der Waals surface area contributed by atoms with Gasteiger partial charge < -0.3 is 10.2 Å². The summed E-state index contributed by atoms with van der Waals surface area (Å²) in [4.78, 5) is 26.2. The van der Waals surface area contributed by atoms with Crippen LogP contribution in [0.25, 0.3) is 0 Å². The smallest absolute Gasteiger partial charge is 0.244 e. The second-order valence-corrected chi connectivity index (χ2v) is 8.08. The summed E-state index contributed by atoms with van der Waals surface area (Å²) >= 11 is 1.39. The first-order valence-corrected chi connectivity index (χ1v) is 9.93. The number of nitrogens with zero attached hydrogens (tertiary/aromatic N) is 1. The van der Waals surface area contributed by atoms with E-state index in [9.17, 15) is 22.4 Å². The van der Waals surface area contributed by atoms with Crippen LogP contribution in [0.5, 0.6) is 0 Å². The van der Waals surface area contributed by atoms with Gasteiger partial charge in [-0.25, -0.2) is 17.9 Å². The number of thioether (sulfide) groups is 1. The Morgan fingerprint density at radius 1 is 1.27 bits per heavy atom. The van der Waals surface area contributed by atoms with E-state index in [0.29, 0.717) is 5.69 Å². The predicted molar refractivity (Wildman–Crippen MR) is 95.9 cm³/mol. The molecule has 0 bridgehead atoms. The van der Waals surface area contributed by atoms with Crippen molar-refractivity contribution in [1.29, 1.82) is 0 Å². The van der Waals surface area contributed by atoms with Crippen molar-refractivity contribution >= 4 is 45.0 Å². The number of benzene rings is 2. The lowest BCUT2D eigenvalue weighted by Crippen LogP contribution is -2.41. The molecule has 1 aliphatic heterocycles. The minimum Gasteiger partial charge on any atom is -0.324 e. The largest absolute Gasteiger partial charge is 0.324 e. The van der Waals surface area contributed by atoms with E-state index in [1.54, 1.807) is 12.1 Å². The van der Waals surface area contributed by atoms with Gasteiger partial charge >= 0.3 is 0 Å². The highest BCUT2D eigenvalue weighted by atomic mass is 32.2. The van der Waals surface area contributed by atoms with Crippen LogP contribution >= 0.6 is 11.8 Å². The molecule has 2 aromatic carbocycles. The summed E-state index contributed by atoms with van der Waals surface area (Å²) in [6.45, 7) is -0.280. The van der Waals surface area contributed by atoms with Gasteiger partial charge in [-0.05, 0) is 30.3 Å². The van der Waals surface area contributed by atoms with Crippen LogP contribution in [0.2, 0.25) is 0 Å². The van der Waals surface area contributed by atoms with Crippen LogP contribution in [0.3, 0.4) is 0 Å². The number of sulfonamides is 1. The third-order valence-electron chi connectivity index (χ3n) is 3.59. The number of amides is 2. The number of hydrogen-bond donors (Lipinski definition) is 2. The van der Waals surface area contributed by atoms with Crippen molar-refractivity contribution in [3.05, 3.63) is 48.3 Å². The van der Waals surface area contributed by atoms with Gasteiger partial charge in [-0.15, -0.1) is 11.8 Å². The Balaban J connectivity index is 1.80. The molecule has 0 unspecified atom stereocenters. The third kappa shape index (κ3) is 4.03. The molecular formula is C16H14FN3O4S2. The minimum absolute atomic E-state index is 0.0638. The van der Waals surface area contributed by atoms with E-state index >= 15 is 0 Å². The lowest BCUT2D eigenvalue weighted by atomic mass is 10.2. The van der Waals surface area contributed by atoms with Gasteiger partial charge in [0.25, 0.3) is 0 Å². The summed E-state index contributed by atoms with van der Waals surface area (Å²) in [5.74, 6) is -1.47. The van der Waals surface area contributed by atoms with Crippen LogP contribution in [-0.4, -0.2) is 32.5 Å². The molecule has 0 spiro atoms. The molecule has 0 atom stereocenters. The first-order chi connectivity index (χ1) is 12.2. The van der Waals surface area contributed by atoms with Gasteiger partial charge in [-0.1, -0.05) is 12.1 Å². The Labute approximate surface area is 153 Å². The van der Waals surface area contributed by atoms with Crippen molar-refractivity contribution in [2.24, 2.45) is 5.14 Å². The van der Waals surface area contributed by atoms with Crippen LogP contribution in [-0.2, 0) is 19.6 Å². The Hall–Kier alpha value is -2.43. The zero-order valence-corrected chi connectivity index (χ0v) is 14.9. The molecule has 3 rings (SSSR count). The van der Waals surface area contributed by atoms with Crippen LogP contribution in [0.4, 0.5) is 15.8 Å².